The average Bonchev–Trinajstić information content (AvgIpc) is 2.75. The third-order valence-corrected chi connectivity index (χ3v) is 3.93. The number of aryl methyl sites for hydroxylation is 1. The third-order valence-electron chi connectivity index (χ3n) is 3.93. The van der Waals surface area contributed by atoms with Gasteiger partial charge >= 0.3 is 0 Å². The molecule has 0 aliphatic carbocycles. The Morgan fingerprint density at radius 1 is 1.41 bits per heavy atom. The molecule has 17 heavy (non-hydrogen) atoms. The van der Waals surface area contributed by atoms with Gasteiger partial charge in [0.15, 0.2) is 0 Å². The van der Waals surface area contributed by atoms with E-state index in [1.165, 1.54) is 0 Å². The first-order valence-corrected chi connectivity index (χ1v) is 6.42. The van der Waals surface area contributed by atoms with Crippen LogP contribution in [0.4, 0.5) is 0 Å². The second-order valence-corrected chi connectivity index (χ2v) is 4.67. The van der Waals surface area contributed by atoms with Gasteiger partial charge in [-0.15, -0.1) is 0 Å². The van der Waals surface area contributed by atoms with Crippen LogP contribution >= 0.6 is 0 Å². The highest BCUT2D eigenvalue weighted by Crippen LogP contribution is 2.33. The lowest BCUT2D eigenvalue weighted by atomic mass is 9.87. The summed E-state index contributed by atoms with van der Waals surface area (Å²) in [4.78, 5) is 2.31. The highest BCUT2D eigenvalue weighted by atomic mass is 16.3. The standard InChI is InChI=1S/C13H25N3O/c1-6-13(4,16(7-2)8-3)12(17)11-9-10-14-15(11)5/h9-10,12,17H,6-8H2,1-5H3. The predicted molar refractivity (Wildman–Crippen MR) is 69.8 cm³/mol. The minimum Gasteiger partial charge on any atom is -0.385 e. The van der Waals surface area contributed by atoms with Crippen LogP contribution in [0.3, 0.4) is 0 Å². The second-order valence-electron chi connectivity index (χ2n) is 4.67. The molecule has 0 aliphatic heterocycles. The molecule has 0 aliphatic rings. The molecule has 0 fully saturated rings. The molecular weight excluding hydrogens is 214 g/mol. The Morgan fingerprint density at radius 2 is 2.00 bits per heavy atom. The van der Waals surface area contributed by atoms with Gasteiger partial charge in [0.1, 0.15) is 6.10 Å². The van der Waals surface area contributed by atoms with Gasteiger partial charge in [-0.2, -0.15) is 5.10 Å². The normalized spacial score (nSPS) is 17.1. The molecule has 1 aromatic heterocycles. The van der Waals surface area contributed by atoms with E-state index >= 15 is 0 Å². The Morgan fingerprint density at radius 3 is 2.35 bits per heavy atom. The largest absolute Gasteiger partial charge is 0.385 e. The molecule has 2 unspecified atom stereocenters. The van der Waals surface area contributed by atoms with Crippen molar-refractivity contribution in [3.63, 3.8) is 0 Å². The summed E-state index contributed by atoms with van der Waals surface area (Å²) in [5, 5.41) is 14.8. The van der Waals surface area contributed by atoms with E-state index in [4.69, 9.17) is 0 Å². The summed E-state index contributed by atoms with van der Waals surface area (Å²) in [6.45, 7) is 10.4. The van der Waals surface area contributed by atoms with Gasteiger partial charge in [0.05, 0.1) is 5.69 Å². The molecule has 1 rings (SSSR count). The number of hydrogen-bond donors (Lipinski definition) is 1. The minimum atomic E-state index is -0.514. The molecule has 0 spiro atoms. The van der Waals surface area contributed by atoms with Gasteiger partial charge in [0, 0.05) is 18.8 Å². The molecule has 2 atom stereocenters. The van der Waals surface area contributed by atoms with Crippen molar-refractivity contribution in [2.24, 2.45) is 7.05 Å². The lowest BCUT2D eigenvalue weighted by Gasteiger charge is -2.43. The average molecular weight is 239 g/mol. The van der Waals surface area contributed by atoms with Gasteiger partial charge in [-0.1, -0.05) is 20.8 Å². The molecule has 0 saturated carbocycles. The fourth-order valence-corrected chi connectivity index (χ4v) is 2.51. The maximum absolute atomic E-state index is 10.6. The number of rotatable bonds is 6. The van der Waals surface area contributed by atoms with Gasteiger partial charge in [-0.3, -0.25) is 9.58 Å². The fourth-order valence-electron chi connectivity index (χ4n) is 2.51. The zero-order valence-electron chi connectivity index (χ0n) is 11.6. The highest BCUT2D eigenvalue weighted by Gasteiger charge is 2.38. The van der Waals surface area contributed by atoms with Crippen molar-refractivity contribution in [1.82, 2.24) is 14.7 Å². The molecule has 4 nitrogen and oxygen atoms in total. The summed E-state index contributed by atoms with van der Waals surface area (Å²) in [6, 6.07) is 1.89. The van der Waals surface area contributed by atoms with Gasteiger partial charge in [-0.25, -0.2) is 0 Å². The monoisotopic (exact) mass is 239 g/mol. The Hall–Kier alpha value is -0.870. The summed E-state index contributed by atoms with van der Waals surface area (Å²) in [6.07, 6.45) is 2.12. The van der Waals surface area contributed by atoms with Gasteiger partial charge in [0.25, 0.3) is 0 Å². The van der Waals surface area contributed by atoms with E-state index in [1.54, 1.807) is 10.9 Å². The number of likely N-dealkylation sites (N-methyl/N-ethyl adjacent to an activating group) is 1. The van der Waals surface area contributed by atoms with Gasteiger partial charge in [0.2, 0.25) is 0 Å². The van der Waals surface area contributed by atoms with Crippen molar-refractivity contribution in [2.75, 3.05) is 13.1 Å². The number of aliphatic hydroxyl groups excluding tert-OH is 1. The van der Waals surface area contributed by atoms with Crippen molar-refractivity contribution in [2.45, 2.75) is 45.8 Å². The first-order chi connectivity index (χ1) is 8.01. The number of aliphatic hydroxyl groups is 1. The van der Waals surface area contributed by atoms with E-state index in [0.717, 1.165) is 25.2 Å². The van der Waals surface area contributed by atoms with Crippen LogP contribution in [0.1, 0.15) is 45.9 Å². The Bertz CT molecular complexity index is 346. The molecule has 0 radical (unpaired) electrons. The Balaban J connectivity index is 3.04. The molecule has 1 heterocycles. The molecule has 0 saturated heterocycles. The van der Waals surface area contributed by atoms with E-state index in [9.17, 15) is 5.11 Å². The van der Waals surface area contributed by atoms with E-state index in [0.29, 0.717) is 0 Å². The van der Waals surface area contributed by atoms with Crippen LogP contribution in [0.25, 0.3) is 0 Å². The molecule has 98 valence electrons. The molecule has 1 aromatic rings. The Labute approximate surface area is 104 Å². The fraction of sp³-hybridized carbons (Fsp3) is 0.769. The summed E-state index contributed by atoms with van der Waals surface area (Å²) in [5.41, 5.74) is 0.637. The van der Waals surface area contributed by atoms with Crippen molar-refractivity contribution < 1.29 is 5.11 Å². The van der Waals surface area contributed by atoms with Gasteiger partial charge in [-0.05, 0) is 32.5 Å². The minimum absolute atomic E-state index is 0.239. The number of aromatic nitrogens is 2. The number of hydrogen-bond acceptors (Lipinski definition) is 3. The van der Waals surface area contributed by atoms with Crippen molar-refractivity contribution in [3.05, 3.63) is 18.0 Å². The molecule has 0 amide bonds. The van der Waals surface area contributed by atoms with Crippen molar-refractivity contribution in [1.29, 1.82) is 0 Å². The maximum atomic E-state index is 10.6. The van der Waals surface area contributed by atoms with Crippen molar-refractivity contribution >= 4 is 0 Å². The Kier molecular flexibility index (Phi) is 4.71. The molecule has 0 aromatic carbocycles. The second kappa shape index (κ2) is 5.65. The van der Waals surface area contributed by atoms with Crippen LogP contribution in [0, 0.1) is 0 Å². The zero-order chi connectivity index (χ0) is 13.1. The van der Waals surface area contributed by atoms with Crippen molar-refractivity contribution in [3.8, 4) is 0 Å². The van der Waals surface area contributed by atoms with Crippen LogP contribution in [-0.4, -0.2) is 38.4 Å². The maximum Gasteiger partial charge on any atom is 0.114 e. The molecule has 0 bridgehead atoms. The quantitative estimate of drug-likeness (QED) is 0.825. The number of nitrogens with zero attached hydrogens (tertiary/aromatic N) is 3. The first kappa shape index (κ1) is 14.2. The van der Waals surface area contributed by atoms with Gasteiger partial charge < -0.3 is 5.11 Å². The first-order valence-electron chi connectivity index (χ1n) is 6.42. The lowest BCUT2D eigenvalue weighted by Crippen LogP contribution is -2.50. The topological polar surface area (TPSA) is 41.3 Å². The third kappa shape index (κ3) is 2.53. The SMILES string of the molecule is CCN(CC)C(C)(CC)C(O)c1ccnn1C. The molecular formula is C13H25N3O. The summed E-state index contributed by atoms with van der Waals surface area (Å²) >= 11 is 0. The lowest BCUT2D eigenvalue weighted by molar-refractivity contribution is -0.0254. The predicted octanol–water partition coefficient (Wildman–Crippen LogP) is 1.96. The zero-order valence-corrected chi connectivity index (χ0v) is 11.6. The van der Waals surface area contributed by atoms with E-state index in [-0.39, 0.29) is 5.54 Å². The van der Waals surface area contributed by atoms with E-state index < -0.39 is 6.10 Å². The smallest absolute Gasteiger partial charge is 0.114 e. The van der Waals surface area contributed by atoms with Crippen LogP contribution in [0.2, 0.25) is 0 Å². The van der Waals surface area contributed by atoms with Crippen LogP contribution in [-0.2, 0) is 7.05 Å². The van der Waals surface area contributed by atoms with Crippen LogP contribution in [0.5, 0.6) is 0 Å². The summed E-state index contributed by atoms with van der Waals surface area (Å²) in [7, 11) is 1.87. The van der Waals surface area contributed by atoms with Crippen LogP contribution in [0.15, 0.2) is 12.3 Å². The highest BCUT2D eigenvalue weighted by molar-refractivity contribution is 5.11. The molecule has 4 heteroatoms. The summed E-state index contributed by atoms with van der Waals surface area (Å²) < 4.78 is 1.75. The summed E-state index contributed by atoms with van der Waals surface area (Å²) in [5.74, 6) is 0. The van der Waals surface area contributed by atoms with Crippen LogP contribution < -0.4 is 0 Å². The van der Waals surface area contributed by atoms with E-state index in [1.807, 2.05) is 13.1 Å². The molecule has 1 N–H and O–H groups in total. The van der Waals surface area contributed by atoms with E-state index in [2.05, 4.69) is 37.7 Å².